The Morgan fingerprint density at radius 2 is 1.00 bits per heavy atom. The molecule has 0 saturated carbocycles. The van der Waals surface area contributed by atoms with Gasteiger partial charge in [-0.2, -0.15) is 5.09 Å². The summed E-state index contributed by atoms with van der Waals surface area (Å²) in [5, 5.41) is 7.24. The highest BCUT2D eigenvalue weighted by atomic mass is 31.2. The van der Waals surface area contributed by atoms with Gasteiger partial charge in [-0.05, 0) is 36.4 Å². The summed E-state index contributed by atoms with van der Waals surface area (Å²) >= 11 is 0. The summed E-state index contributed by atoms with van der Waals surface area (Å²) in [7, 11) is -2.05. The third-order valence-corrected chi connectivity index (χ3v) is 7.72. The molecule has 3 aromatic rings. The fraction of sp³-hybridized carbons (Fsp3) is 0.0500. The molecule has 0 saturated heterocycles. The van der Waals surface area contributed by atoms with Crippen LogP contribution >= 0.6 is 7.41 Å². The van der Waals surface area contributed by atoms with E-state index < -0.39 is 7.41 Å². The molecule has 0 fully saturated rings. The molecule has 0 aliphatic heterocycles. The Hall–Kier alpha value is -2.28. The van der Waals surface area contributed by atoms with Crippen LogP contribution in [-0.2, 0) is 4.79 Å². The second kappa shape index (κ2) is 7.32. The van der Waals surface area contributed by atoms with Gasteiger partial charge in [-0.1, -0.05) is 54.6 Å². The van der Waals surface area contributed by atoms with E-state index >= 15 is 0 Å². The molecule has 3 heteroatoms. The van der Waals surface area contributed by atoms with Crippen LogP contribution in [0.2, 0.25) is 0 Å². The van der Waals surface area contributed by atoms with E-state index in [9.17, 15) is 4.79 Å². The predicted molar refractivity (Wildman–Crippen MR) is 99.2 cm³/mol. The van der Waals surface area contributed by atoms with E-state index in [-0.39, 0.29) is 0 Å². The molecule has 114 valence electrons. The number of carbonyl (C=O) groups excluding carboxylic acids is 1. The zero-order chi connectivity index (χ0) is 16.0. The van der Waals surface area contributed by atoms with E-state index in [4.69, 9.17) is 0 Å². The minimum absolute atomic E-state index is 0.326. The standard InChI is InChI=1S/C20H19NOP/c22-17-16-21-23(18-10-4-1-5-11-18,19-12-6-2-7-13-19)20-14-8-3-9-15-20/h1-15,17,21H,16H2/q+1. The first-order valence-electron chi connectivity index (χ1n) is 7.62. The maximum absolute atomic E-state index is 11.1. The van der Waals surface area contributed by atoms with Gasteiger partial charge in [-0.15, -0.1) is 0 Å². The topological polar surface area (TPSA) is 29.1 Å². The van der Waals surface area contributed by atoms with Crippen LogP contribution in [0.5, 0.6) is 0 Å². The fourth-order valence-electron chi connectivity index (χ4n) is 2.85. The van der Waals surface area contributed by atoms with Crippen LogP contribution in [0.25, 0.3) is 0 Å². The molecule has 3 rings (SSSR count). The van der Waals surface area contributed by atoms with Gasteiger partial charge in [-0.3, -0.25) is 0 Å². The molecule has 0 bridgehead atoms. The highest BCUT2D eigenvalue weighted by Gasteiger charge is 2.45. The second-order valence-electron chi connectivity index (χ2n) is 5.21. The van der Waals surface area contributed by atoms with Gasteiger partial charge in [-0.25, -0.2) is 0 Å². The molecule has 0 amide bonds. The van der Waals surface area contributed by atoms with Crippen molar-refractivity contribution < 1.29 is 4.79 Å². The lowest BCUT2D eigenvalue weighted by molar-refractivity contribution is -0.106. The Labute approximate surface area is 137 Å². The smallest absolute Gasteiger partial charge is 0.178 e. The van der Waals surface area contributed by atoms with Crippen molar-refractivity contribution in [2.75, 3.05) is 6.54 Å². The molecular weight excluding hydrogens is 301 g/mol. The number of carbonyl (C=O) groups is 1. The molecule has 3 aromatic carbocycles. The lowest BCUT2D eigenvalue weighted by Crippen LogP contribution is -2.41. The number of hydrogen-bond donors (Lipinski definition) is 1. The predicted octanol–water partition coefficient (Wildman–Crippen LogP) is 2.68. The van der Waals surface area contributed by atoms with Crippen LogP contribution in [0.3, 0.4) is 0 Å². The van der Waals surface area contributed by atoms with Crippen molar-refractivity contribution in [3.63, 3.8) is 0 Å². The Morgan fingerprint density at radius 3 is 1.30 bits per heavy atom. The van der Waals surface area contributed by atoms with E-state index in [0.29, 0.717) is 6.54 Å². The van der Waals surface area contributed by atoms with Gasteiger partial charge in [0.1, 0.15) is 22.2 Å². The van der Waals surface area contributed by atoms with Crippen molar-refractivity contribution in [3.8, 4) is 0 Å². The van der Waals surface area contributed by atoms with Crippen LogP contribution in [0.15, 0.2) is 91.0 Å². The summed E-state index contributed by atoms with van der Waals surface area (Å²) in [5.74, 6) is 0. The van der Waals surface area contributed by atoms with Crippen LogP contribution < -0.4 is 21.0 Å². The molecule has 0 spiro atoms. The molecule has 0 aliphatic carbocycles. The average Bonchev–Trinajstić information content (AvgIpc) is 2.65. The quantitative estimate of drug-likeness (QED) is 0.559. The SMILES string of the molecule is O=CCN[P+](c1ccccc1)(c1ccccc1)c1ccccc1. The zero-order valence-corrected chi connectivity index (χ0v) is 13.7. The minimum atomic E-state index is -2.05. The van der Waals surface area contributed by atoms with E-state index in [1.165, 1.54) is 15.9 Å². The largest absolute Gasteiger partial charge is 0.302 e. The van der Waals surface area contributed by atoms with E-state index in [0.717, 1.165) is 6.29 Å². The molecule has 0 atom stereocenters. The molecule has 0 unspecified atom stereocenters. The molecule has 0 radical (unpaired) electrons. The van der Waals surface area contributed by atoms with Gasteiger partial charge >= 0.3 is 0 Å². The molecule has 0 heterocycles. The monoisotopic (exact) mass is 320 g/mol. The first-order valence-corrected chi connectivity index (χ1v) is 9.41. The summed E-state index contributed by atoms with van der Waals surface area (Å²) < 4.78 is 0. The van der Waals surface area contributed by atoms with Crippen molar-refractivity contribution in [3.05, 3.63) is 91.0 Å². The van der Waals surface area contributed by atoms with E-state index in [1.54, 1.807) is 0 Å². The van der Waals surface area contributed by atoms with Gasteiger partial charge in [0.15, 0.2) is 7.41 Å². The van der Waals surface area contributed by atoms with Crippen LogP contribution in [0.4, 0.5) is 0 Å². The summed E-state index contributed by atoms with van der Waals surface area (Å²) in [6.07, 6.45) is 0.934. The maximum atomic E-state index is 11.1. The highest BCUT2D eigenvalue weighted by molar-refractivity contribution is 7.94. The number of aldehydes is 1. The van der Waals surface area contributed by atoms with E-state index in [2.05, 4.69) is 77.9 Å². The van der Waals surface area contributed by atoms with Crippen LogP contribution in [0, 0.1) is 0 Å². The van der Waals surface area contributed by atoms with Crippen molar-refractivity contribution in [1.82, 2.24) is 5.09 Å². The Balaban J connectivity index is 2.27. The van der Waals surface area contributed by atoms with Crippen LogP contribution in [0.1, 0.15) is 0 Å². The molecule has 0 aliphatic rings. The van der Waals surface area contributed by atoms with Crippen molar-refractivity contribution in [2.45, 2.75) is 0 Å². The summed E-state index contributed by atoms with van der Waals surface area (Å²) in [5.41, 5.74) is 0. The Kier molecular flexibility index (Phi) is 4.97. The lowest BCUT2D eigenvalue weighted by atomic mass is 10.4. The van der Waals surface area contributed by atoms with Crippen LogP contribution in [-0.4, -0.2) is 12.8 Å². The van der Waals surface area contributed by atoms with Crippen molar-refractivity contribution in [1.29, 1.82) is 0 Å². The molecule has 2 nitrogen and oxygen atoms in total. The van der Waals surface area contributed by atoms with Gasteiger partial charge in [0, 0.05) is 0 Å². The minimum Gasteiger partial charge on any atom is -0.302 e. The number of benzene rings is 3. The third-order valence-electron chi connectivity index (χ3n) is 3.84. The summed E-state index contributed by atoms with van der Waals surface area (Å²) in [6, 6.07) is 31.3. The Bertz CT molecular complexity index is 648. The first-order chi connectivity index (χ1) is 11.4. The number of hydrogen-bond acceptors (Lipinski definition) is 2. The third kappa shape index (κ3) is 3.10. The molecule has 0 aromatic heterocycles. The van der Waals surface area contributed by atoms with E-state index in [1.807, 2.05) is 18.2 Å². The molecule has 1 N–H and O–H groups in total. The van der Waals surface area contributed by atoms with Crippen molar-refractivity contribution >= 4 is 29.6 Å². The molecule has 23 heavy (non-hydrogen) atoms. The first kappa shape index (κ1) is 15.6. The van der Waals surface area contributed by atoms with Gasteiger partial charge in [0.25, 0.3) is 0 Å². The van der Waals surface area contributed by atoms with Gasteiger partial charge in [0.2, 0.25) is 0 Å². The fourth-order valence-corrected chi connectivity index (χ4v) is 6.50. The summed E-state index contributed by atoms with van der Waals surface area (Å²) in [6.45, 7) is 0.326. The number of nitrogens with one attached hydrogen (secondary N) is 1. The molecular formula is C20H19NOP+. The normalized spacial score (nSPS) is 11.1. The highest BCUT2D eigenvalue weighted by Crippen LogP contribution is 2.50. The second-order valence-corrected chi connectivity index (χ2v) is 8.41. The number of rotatable bonds is 6. The zero-order valence-electron chi connectivity index (χ0n) is 12.8. The Morgan fingerprint density at radius 1 is 0.652 bits per heavy atom. The lowest BCUT2D eigenvalue weighted by Gasteiger charge is -2.27. The average molecular weight is 320 g/mol. The maximum Gasteiger partial charge on any atom is 0.178 e. The van der Waals surface area contributed by atoms with Crippen molar-refractivity contribution in [2.24, 2.45) is 0 Å². The van der Waals surface area contributed by atoms with Gasteiger partial charge in [0.05, 0.1) is 6.54 Å². The summed E-state index contributed by atoms with van der Waals surface area (Å²) in [4.78, 5) is 11.1. The van der Waals surface area contributed by atoms with Gasteiger partial charge < -0.3 is 4.79 Å².